The molecule has 0 saturated carbocycles. The highest BCUT2D eigenvalue weighted by molar-refractivity contribution is 6.29. The first-order chi connectivity index (χ1) is 61.5. The minimum absolute atomic E-state index is 0.882. The summed E-state index contributed by atoms with van der Waals surface area (Å²) in [7, 11) is 0. The molecular weight excluding hydrogens is 1510 g/mol. The Hall–Kier alpha value is -16.5. The third kappa shape index (κ3) is 11.3. The second-order valence-corrected chi connectivity index (χ2v) is 32.4. The van der Waals surface area contributed by atoms with Gasteiger partial charge in [0.25, 0.3) is 0 Å². The third-order valence-corrected chi connectivity index (χ3v) is 25.6. The zero-order valence-electron chi connectivity index (χ0n) is 67.2. The van der Waals surface area contributed by atoms with E-state index in [1.54, 1.807) is 0 Å². The molecular formula is C118H73N3O3. The molecule has 0 bridgehead atoms. The number of hydrogen-bond donors (Lipinski definition) is 0. The molecule has 24 aromatic rings. The molecule has 6 nitrogen and oxygen atoms in total. The maximum absolute atomic E-state index is 6.79. The maximum atomic E-state index is 6.79. The molecule has 0 amide bonds. The standard InChI is InChI=1S/C46H29NO.C38H23NO.C34H21NO/c1-3-10-30(11-4-1)32-18-22-34(23-19-32)47(35-24-20-33(21-25-35)31-12-5-2-6-13-31)36-26-27-39-43-29-42-38-15-8-7-14-37(38)40-16-9-17-41(45(40)42)46(43)48-44(39)28-36;1-2-12-25(13-3-1)39(35-19-8-11-24-10-4-5-14-27(24)35)26-20-21-30-34-23-33-29-16-7-6-15-28(29)31-17-9-18-32(37(31)33)38(34)40-36(30)22-26;1-3-10-22(11-4-1)35(23-12-5-2-6-13-23)24-18-19-27-31-21-30-26-15-8-7-14-25(26)28-16-9-17-29(33(28)30)34(31)36-32(27)20-24/h1-29H;1-23H;1-21H. The van der Waals surface area contributed by atoms with Gasteiger partial charge in [0.15, 0.2) is 0 Å². The summed E-state index contributed by atoms with van der Waals surface area (Å²) >= 11 is 0. The lowest BCUT2D eigenvalue weighted by atomic mass is 9.99. The van der Waals surface area contributed by atoms with Crippen molar-refractivity contribution < 1.29 is 13.3 Å². The van der Waals surface area contributed by atoms with Crippen LogP contribution in [0.5, 0.6) is 0 Å². The molecule has 3 aromatic heterocycles. The molecule has 0 unspecified atom stereocenters. The first-order valence-electron chi connectivity index (χ1n) is 42.4. The summed E-state index contributed by atoms with van der Waals surface area (Å²) in [5, 5.41) is 16.7. The van der Waals surface area contributed by atoms with Crippen LogP contribution in [-0.2, 0) is 0 Å². The predicted molar refractivity (Wildman–Crippen MR) is 519 cm³/mol. The van der Waals surface area contributed by atoms with Crippen molar-refractivity contribution in [2.45, 2.75) is 0 Å². The first kappa shape index (κ1) is 70.5. The Bertz CT molecular complexity index is 8280. The van der Waals surface area contributed by atoms with Gasteiger partial charge in [0.05, 0.1) is 5.69 Å². The van der Waals surface area contributed by atoms with Crippen LogP contribution in [0.2, 0.25) is 0 Å². The second kappa shape index (κ2) is 28.6. The predicted octanol–water partition coefficient (Wildman–Crippen LogP) is 34.1. The van der Waals surface area contributed by atoms with Crippen molar-refractivity contribution in [2.75, 3.05) is 14.7 Å². The van der Waals surface area contributed by atoms with Crippen molar-refractivity contribution in [1.29, 1.82) is 0 Å². The van der Waals surface area contributed by atoms with Crippen LogP contribution in [0.25, 0.3) is 198 Å². The Kier molecular flexibility index (Phi) is 16.3. The summed E-state index contributed by atoms with van der Waals surface area (Å²) in [5.74, 6) is 0. The fourth-order valence-electron chi connectivity index (χ4n) is 20.0. The number of fused-ring (bicyclic) bond motifs is 22. The van der Waals surface area contributed by atoms with Gasteiger partial charge in [0.2, 0.25) is 0 Å². The third-order valence-electron chi connectivity index (χ3n) is 25.6. The van der Waals surface area contributed by atoms with E-state index < -0.39 is 0 Å². The lowest BCUT2D eigenvalue weighted by molar-refractivity contribution is 0.672. The van der Waals surface area contributed by atoms with E-state index in [4.69, 9.17) is 13.3 Å². The van der Waals surface area contributed by atoms with Crippen LogP contribution in [0.4, 0.5) is 51.2 Å². The van der Waals surface area contributed by atoms with Crippen LogP contribution in [0.1, 0.15) is 0 Å². The number of anilines is 9. The highest BCUT2D eigenvalue weighted by Crippen LogP contribution is 2.56. The summed E-state index contributed by atoms with van der Waals surface area (Å²) < 4.78 is 20.2. The van der Waals surface area contributed by atoms with Gasteiger partial charge in [-0.15, -0.1) is 0 Å². The molecule has 0 saturated heterocycles. The largest absolute Gasteiger partial charge is 0.455 e. The molecule has 578 valence electrons. The van der Waals surface area contributed by atoms with Crippen LogP contribution < -0.4 is 14.7 Å². The Morgan fingerprint density at radius 1 is 0.145 bits per heavy atom. The molecule has 0 fully saturated rings. The van der Waals surface area contributed by atoms with Crippen molar-refractivity contribution in [2.24, 2.45) is 0 Å². The number of furan rings is 3. The molecule has 6 heteroatoms. The molecule has 0 radical (unpaired) electrons. The van der Waals surface area contributed by atoms with Crippen LogP contribution in [-0.4, -0.2) is 0 Å². The molecule has 27 rings (SSSR count). The molecule has 21 aromatic carbocycles. The van der Waals surface area contributed by atoms with Crippen molar-refractivity contribution in [3.8, 4) is 89.0 Å². The molecule has 3 aliphatic rings. The van der Waals surface area contributed by atoms with Crippen molar-refractivity contribution in [3.05, 3.63) is 443 Å². The second-order valence-electron chi connectivity index (χ2n) is 32.4. The maximum Gasteiger partial charge on any atom is 0.143 e. The van der Waals surface area contributed by atoms with E-state index in [2.05, 4.69) is 445 Å². The van der Waals surface area contributed by atoms with Gasteiger partial charge in [-0.05, 0) is 216 Å². The molecule has 0 atom stereocenters. The topological polar surface area (TPSA) is 49.1 Å². The lowest BCUT2D eigenvalue weighted by Crippen LogP contribution is -2.10. The van der Waals surface area contributed by atoms with Crippen LogP contribution >= 0.6 is 0 Å². The summed E-state index contributed by atoms with van der Waals surface area (Å²) in [6.07, 6.45) is 0. The number of benzene rings is 21. The first-order valence-corrected chi connectivity index (χ1v) is 42.4. The van der Waals surface area contributed by atoms with Gasteiger partial charge in [-0.25, -0.2) is 0 Å². The number of para-hydroxylation sites is 3. The van der Waals surface area contributed by atoms with E-state index in [-0.39, 0.29) is 0 Å². The van der Waals surface area contributed by atoms with Gasteiger partial charge in [0.1, 0.15) is 33.5 Å². The van der Waals surface area contributed by atoms with E-state index in [1.807, 2.05) is 12.1 Å². The average Bonchev–Trinajstić information content (AvgIpc) is 1.56. The van der Waals surface area contributed by atoms with E-state index >= 15 is 0 Å². The van der Waals surface area contributed by atoms with E-state index in [0.717, 1.165) is 112 Å². The van der Waals surface area contributed by atoms with Gasteiger partial charge in [0, 0.05) is 134 Å². The monoisotopic (exact) mass is 1580 g/mol. The molecule has 0 aliphatic heterocycles. The minimum atomic E-state index is 0.882. The van der Waals surface area contributed by atoms with Crippen molar-refractivity contribution in [1.82, 2.24) is 0 Å². The number of hydrogen-bond acceptors (Lipinski definition) is 6. The highest BCUT2D eigenvalue weighted by atomic mass is 16.3. The number of nitrogens with zero attached hydrogens (tertiary/aromatic N) is 3. The molecule has 124 heavy (non-hydrogen) atoms. The van der Waals surface area contributed by atoms with Gasteiger partial charge in [-0.1, -0.05) is 303 Å². The Labute approximate surface area is 715 Å². The van der Waals surface area contributed by atoms with E-state index in [0.29, 0.717) is 0 Å². The van der Waals surface area contributed by atoms with Crippen LogP contribution in [0.15, 0.2) is 456 Å². The molecule has 0 spiro atoms. The smallest absolute Gasteiger partial charge is 0.143 e. The highest BCUT2D eigenvalue weighted by Gasteiger charge is 2.30. The Balaban J connectivity index is 0.000000103. The number of rotatable bonds is 11. The Morgan fingerprint density at radius 2 is 0.403 bits per heavy atom. The van der Waals surface area contributed by atoms with Crippen LogP contribution in [0, 0.1) is 0 Å². The van der Waals surface area contributed by atoms with Crippen molar-refractivity contribution >= 4 is 160 Å². The summed E-state index contributed by atoms with van der Waals surface area (Å²) in [5.41, 5.74) is 35.7. The zero-order valence-corrected chi connectivity index (χ0v) is 67.2. The quantitative estimate of drug-likeness (QED) is 0.129. The Morgan fingerprint density at radius 3 is 0.774 bits per heavy atom. The fraction of sp³-hybridized carbons (Fsp3) is 0. The molecule has 3 heterocycles. The van der Waals surface area contributed by atoms with Crippen molar-refractivity contribution in [3.63, 3.8) is 0 Å². The van der Waals surface area contributed by atoms with Gasteiger partial charge >= 0.3 is 0 Å². The summed E-state index contributed by atoms with van der Waals surface area (Å²) in [6, 6.07) is 158. The SMILES string of the molecule is c1ccc(-c2ccc(N(c3ccc(-c4ccccc4)cc3)c3ccc4c(c3)oc3c5cccc6c5c(cc43)-c3ccccc3-6)cc2)cc1.c1ccc(N(c2ccc3c(c2)oc2c4cccc5c4c(cc32)-c2ccccc2-5)c2cccc3ccccc23)cc1.c1ccc(N(c2ccccc2)c2ccc3c(c2)oc2c4cccc5c4c(cc32)-c2ccccc2-5)cc1. The zero-order chi connectivity index (χ0) is 81.5. The molecule has 3 aliphatic carbocycles. The van der Waals surface area contributed by atoms with E-state index in [1.165, 1.54) is 137 Å². The lowest BCUT2D eigenvalue weighted by Gasteiger charge is -2.26. The summed E-state index contributed by atoms with van der Waals surface area (Å²) in [4.78, 5) is 6.92. The minimum Gasteiger partial charge on any atom is -0.455 e. The normalized spacial score (nSPS) is 11.9. The fourth-order valence-corrected chi connectivity index (χ4v) is 20.0. The average molecular weight is 1580 g/mol. The van der Waals surface area contributed by atoms with Crippen LogP contribution in [0.3, 0.4) is 0 Å². The molecule has 0 N–H and O–H groups in total. The van der Waals surface area contributed by atoms with Gasteiger partial charge in [-0.2, -0.15) is 0 Å². The van der Waals surface area contributed by atoms with Gasteiger partial charge in [-0.3, -0.25) is 0 Å². The van der Waals surface area contributed by atoms with E-state index in [9.17, 15) is 0 Å². The summed E-state index contributed by atoms with van der Waals surface area (Å²) in [6.45, 7) is 0. The van der Waals surface area contributed by atoms with Gasteiger partial charge < -0.3 is 28.0 Å².